The number of amides is 1. The number of benzene rings is 1. The van der Waals surface area contributed by atoms with Gasteiger partial charge < -0.3 is 9.64 Å². The number of nitrogens with zero attached hydrogens (tertiary/aromatic N) is 1. The molecule has 0 fully saturated rings. The lowest BCUT2D eigenvalue weighted by atomic mass is 10.1. The fourth-order valence-electron chi connectivity index (χ4n) is 2.15. The number of esters is 1. The van der Waals surface area contributed by atoms with Gasteiger partial charge in [0.2, 0.25) is 5.91 Å². The Hall–Kier alpha value is -2.05. The van der Waals surface area contributed by atoms with Crippen LogP contribution >= 0.6 is 0 Å². The van der Waals surface area contributed by atoms with Crippen molar-refractivity contribution in [2.45, 2.75) is 32.5 Å². The molecular weight excluding hydrogens is 287 g/mol. The molecule has 0 aliphatic carbocycles. The largest absolute Gasteiger partial charge is 0.449 e. The standard InChI is InChI=1S/C14H14F3NO3/c1-8(14(15,16)17)21-13(20)11-3-4-12-10(7-11)5-6-18(12)9(2)19/h3-4,7-8H,5-6H2,1-2H3. The van der Waals surface area contributed by atoms with Crippen molar-refractivity contribution in [1.29, 1.82) is 0 Å². The van der Waals surface area contributed by atoms with E-state index in [2.05, 4.69) is 4.74 Å². The second-order valence-corrected chi connectivity index (χ2v) is 4.85. The van der Waals surface area contributed by atoms with E-state index in [0.717, 1.165) is 12.5 Å². The number of alkyl halides is 3. The van der Waals surface area contributed by atoms with Crippen LogP contribution in [0.3, 0.4) is 0 Å². The normalized spacial score (nSPS) is 15.6. The molecule has 21 heavy (non-hydrogen) atoms. The Morgan fingerprint density at radius 2 is 2.00 bits per heavy atom. The molecule has 2 rings (SSSR count). The fraction of sp³-hybridized carbons (Fsp3) is 0.429. The van der Waals surface area contributed by atoms with Crippen molar-refractivity contribution in [3.63, 3.8) is 0 Å². The van der Waals surface area contributed by atoms with Gasteiger partial charge in [-0.2, -0.15) is 13.2 Å². The van der Waals surface area contributed by atoms with E-state index < -0.39 is 18.2 Å². The summed E-state index contributed by atoms with van der Waals surface area (Å²) in [6.07, 6.45) is -6.19. The molecule has 0 saturated carbocycles. The molecule has 1 atom stereocenters. The van der Waals surface area contributed by atoms with Crippen LogP contribution in [0, 0.1) is 0 Å². The summed E-state index contributed by atoms with van der Waals surface area (Å²) in [5.74, 6) is -1.14. The van der Waals surface area contributed by atoms with E-state index in [1.807, 2.05) is 0 Å². The summed E-state index contributed by atoms with van der Waals surface area (Å²) in [5.41, 5.74) is 1.48. The molecular formula is C14H14F3NO3. The zero-order chi connectivity index (χ0) is 15.8. The molecule has 0 N–H and O–H groups in total. The molecule has 7 heteroatoms. The molecule has 0 aromatic heterocycles. The number of ether oxygens (including phenoxy) is 1. The molecule has 1 aromatic carbocycles. The van der Waals surface area contributed by atoms with Crippen LogP contribution in [0.15, 0.2) is 18.2 Å². The van der Waals surface area contributed by atoms with Crippen LogP contribution in [0.4, 0.5) is 18.9 Å². The van der Waals surface area contributed by atoms with E-state index in [1.54, 1.807) is 11.0 Å². The van der Waals surface area contributed by atoms with Crippen LogP contribution in [0.2, 0.25) is 0 Å². The van der Waals surface area contributed by atoms with Gasteiger partial charge in [-0.3, -0.25) is 4.79 Å². The van der Waals surface area contributed by atoms with Gasteiger partial charge in [0, 0.05) is 19.2 Å². The zero-order valence-corrected chi connectivity index (χ0v) is 11.5. The smallest absolute Gasteiger partial charge is 0.425 e. The first-order chi connectivity index (χ1) is 9.70. The first-order valence-corrected chi connectivity index (χ1v) is 6.39. The highest BCUT2D eigenvalue weighted by Crippen LogP contribution is 2.30. The summed E-state index contributed by atoms with van der Waals surface area (Å²) in [6, 6.07) is 4.40. The average Bonchev–Trinajstić information content (AvgIpc) is 2.80. The lowest BCUT2D eigenvalue weighted by Crippen LogP contribution is -2.30. The Bertz CT molecular complexity index is 583. The first kappa shape index (κ1) is 15.3. The topological polar surface area (TPSA) is 46.6 Å². The SMILES string of the molecule is CC(=O)N1CCc2cc(C(=O)OC(C)C(F)(F)F)ccc21. The Labute approximate surface area is 119 Å². The van der Waals surface area contributed by atoms with E-state index in [4.69, 9.17) is 0 Å². The summed E-state index contributed by atoms with van der Waals surface area (Å²) in [5, 5.41) is 0. The zero-order valence-electron chi connectivity index (χ0n) is 11.5. The van der Waals surface area contributed by atoms with Gasteiger partial charge >= 0.3 is 12.1 Å². The highest BCUT2D eigenvalue weighted by Gasteiger charge is 2.39. The number of carbonyl (C=O) groups is 2. The Morgan fingerprint density at radius 3 is 2.57 bits per heavy atom. The van der Waals surface area contributed by atoms with Crippen LogP contribution in [0.25, 0.3) is 0 Å². The number of hydrogen-bond acceptors (Lipinski definition) is 3. The van der Waals surface area contributed by atoms with Crippen molar-refractivity contribution in [2.75, 3.05) is 11.4 Å². The molecule has 0 radical (unpaired) electrons. The molecule has 1 amide bonds. The predicted molar refractivity (Wildman–Crippen MR) is 69.1 cm³/mol. The summed E-state index contributed by atoms with van der Waals surface area (Å²) in [6.45, 7) is 2.72. The summed E-state index contributed by atoms with van der Waals surface area (Å²) >= 11 is 0. The van der Waals surface area contributed by atoms with Gasteiger partial charge in [0.05, 0.1) is 5.56 Å². The van der Waals surface area contributed by atoms with E-state index >= 15 is 0 Å². The van der Waals surface area contributed by atoms with Crippen LogP contribution in [0.5, 0.6) is 0 Å². The van der Waals surface area contributed by atoms with E-state index in [-0.39, 0.29) is 11.5 Å². The van der Waals surface area contributed by atoms with Gasteiger partial charge in [0.25, 0.3) is 0 Å². The molecule has 114 valence electrons. The van der Waals surface area contributed by atoms with Crippen molar-refractivity contribution in [2.24, 2.45) is 0 Å². The highest BCUT2D eigenvalue weighted by atomic mass is 19.4. The van der Waals surface area contributed by atoms with Crippen LogP contribution < -0.4 is 4.90 Å². The Balaban J connectivity index is 2.17. The molecule has 1 aliphatic rings. The molecule has 1 heterocycles. The number of halogens is 3. The quantitative estimate of drug-likeness (QED) is 0.789. The van der Waals surface area contributed by atoms with Gasteiger partial charge in [-0.25, -0.2) is 4.79 Å². The number of rotatable bonds is 2. The summed E-state index contributed by atoms with van der Waals surface area (Å²) in [7, 11) is 0. The minimum atomic E-state index is -4.59. The van der Waals surface area contributed by atoms with Gasteiger partial charge in [-0.05, 0) is 37.1 Å². The maximum atomic E-state index is 12.4. The third-order valence-electron chi connectivity index (χ3n) is 3.34. The van der Waals surface area contributed by atoms with E-state index in [0.29, 0.717) is 18.7 Å². The minimum absolute atomic E-state index is 0.0512. The van der Waals surface area contributed by atoms with Crippen molar-refractivity contribution >= 4 is 17.6 Å². The number of hydrogen-bond donors (Lipinski definition) is 0. The van der Waals surface area contributed by atoms with Crippen molar-refractivity contribution in [1.82, 2.24) is 0 Å². The molecule has 0 bridgehead atoms. The minimum Gasteiger partial charge on any atom is -0.449 e. The summed E-state index contributed by atoms with van der Waals surface area (Å²) < 4.78 is 41.5. The molecule has 4 nitrogen and oxygen atoms in total. The van der Waals surface area contributed by atoms with Gasteiger partial charge in [-0.15, -0.1) is 0 Å². The van der Waals surface area contributed by atoms with Crippen molar-refractivity contribution in [3.8, 4) is 0 Å². The second-order valence-electron chi connectivity index (χ2n) is 4.85. The van der Waals surface area contributed by atoms with Crippen molar-refractivity contribution in [3.05, 3.63) is 29.3 Å². The van der Waals surface area contributed by atoms with E-state index in [1.165, 1.54) is 19.1 Å². The Morgan fingerprint density at radius 1 is 1.33 bits per heavy atom. The lowest BCUT2D eigenvalue weighted by molar-refractivity contribution is -0.198. The van der Waals surface area contributed by atoms with Gasteiger partial charge in [-0.1, -0.05) is 0 Å². The van der Waals surface area contributed by atoms with Gasteiger partial charge in [0.15, 0.2) is 6.10 Å². The fourth-order valence-corrected chi connectivity index (χ4v) is 2.15. The predicted octanol–water partition coefficient (Wildman–Crippen LogP) is 2.70. The van der Waals surface area contributed by atoms with Crippen molar-refractivity contribution < 1.29 is 27.5 Å². The van der Waals surface area contributed by atoms with E-state index in [9.17, 15) is 22.8 Å². The molecule has 1 aromatic rings. The van der Waals surface area contributed by atoms with Crippen LogP contribution in [-0.4, -0.2) is 30.7 Å². The maximum Gasteiger partial charge on any atom is 0.425 e. The first-order valence-electron chi connectivity index (χ1n) is 6.39. The third-order valence-corrected chi connectivity index (χ3v) is 3.34. The van der Waals surface area contributed by atoms with Crippen LogP contribution in [-0.2, 0) is 16.0 Å². The monoisotopic (exact) mass is 301 g/mol. The highest BCUT2D eigenvalue weighted by molar-refractivity contribution is 5.96. The third kappa shape index (κ3) is 3.17. The number of carbonyl (C=O) groups excluding carboxylic acids is 2. The number of fused-ring (bicyclic) bond motifs is 1. The van der Waals surface area contributed by atoms with Crippen LogP contribution in [0.1, 0.15) is 29.8 Å². The molecule has 1 aliphatic heterocycles. The summed E-state index contributed by atoms with van der Waals surface area (Å²) in [4.78, 5) is 24.7. The molecule has 0 saturated heterocycles. The average molecular weight is 301 g/mol. The molecule has 0 spiro atoms. The Kier molecular flexibility index (Phi) is 3.93. The second kappa shape index (κ2) is 5.38. The molecule has 1 unspecified atom stereocenters. The maximum absolute atomic E-state index is 12.4. The number of anilines is 1. The van der Waals surface area contributed by atoms with Gasteiger partial charge in [0.1, 0.15) is 0 Å². The lowest BCUT2D eigenvalue weighted by Gasteiger charge is -2.17.